The number of rotatable bonds is 2. The van der Waals surface area contributed by atoms with E-state index < -0.39 is 5.76 Å². The number of oxazole rings is 1. The van der Waals surface area contributed by atoms with Crippen molar-refractivity contribution in [3.8, 4) is 0 Å². The summed E-state index contributed by atoms with van der Waals surface area (Å²) in [7, 11) is 0. The van der Waals surface area contributed by atoms with E-state index in [-0.39, 0.29) is 12.5 Å². The molecule has 0 saturated carbocycles. The standard InChI is InChI=1S/C12H13N3O3/c16-10(14-6-1-2-7-14)8-15-11-9(18-12(15)17)4-3-5-13-11/h3-5H,1-2,6-8H2. The average molecular weight is 247 g/mol. The molecule has 3 heterocycles. The van der Waals surface area contributed by atoms with Crippen LogP contribution in [0.1, 0.15) is 12.8 Å². The Hall–Kier alpha value is -2.11. The van der Waals surface area contributed by atoms with Crippen molar-refractivity contribution >= 4 is 17.1 Å². The van der Waals surface area contributed by atoms with Crippen LogP contribution in [0, 0.1) is 0 Å². The maximum Gasteiger partial charge on any atom is 0.421 e. The number of fused-ring (bicyclic) bond motifs is 1. The van der Waals surface area contributed by atoms with Crippen LogP contribution in [-0.2, 0) is 11.3 Å². The van der Waals surface area contributed by atoms with Crippen LogP contribution in [0.2, 0.25) is 0 Å². The van der Waals surface area contributed by atoms with E-state index in [2.05, 4.69) is 4.98 Å². The van der Waals surface area contributed by atoms with Gasteiger partial charge in [0.2, 0.25) is 5.91 Å². The lowest BCUT2D eigenvalue weighted by Crippen LogP contribution is -2.33. The van der Waals surface area contributed by atoms with Gasteiger partial charge in [-0.25, -0.2) is 14.3 Å². The Morgan fingerprint density at radius 2 is 2.17 bits per heavy atom. The van der Waals surface area contributed by atoms with E-state index in [0.717, 1.165) is 25.9 Å². The summed E-state index contributed by atoms with van der Waals surface area (Å²) in [6, 6.07) is 3.36. The summed E-state index contributed by atoms with van der Waals surface area (Å²) in [6.45, 7) is 1.55. The van der Waals surface area contributed by atoms with Gasteiger partial charge in [-0.3, -0.25) is 4.79 Å². The summed E-state index contributed by atoms with van der Waals surface area (Å²) < 4.78 is 6.32. The Kier molecular flexibility index (Phi) is 2.62. The molecule has 0 unspecified atom stereocenters. The van der Waals surface area contributed by atoms with E-state index in [1.54, 1.807) is 23.2 Å². The monoisotopic (exact) mass is 247 g/mol. The van der Waals surface area contributed by atoms with Crippen LogP contribution in [0.4, 0.5) is 0 Å². The van der Waals surface area contributed by atoms with E-state index in [9.17, 15) is 9.59 Å². The number of pyridine rings is 1. The van der Waals surface area contributed by atoms with Gasteiger partial charge in [-0.15, -0.1) is 0 Å². The largest absolute Gasteiger partial charge is 0.421 e. The van der Waals surface area contributed by atoms with Crippen LogP contribution in [-0.4, -0.2) is 33.4 Å². The highest BCUT2D eigenvalue weighted by atomic mass is 16.4. The second-order valence-electron chi connectivity index (χ2n) is 4.37. The third kappa shape index (κ3) is 1.79. The molecule has 6 heteroatoms. The van der Waals surface area contributed by atoms with Crippen LogP contribution in [0.25, 0.3) is 11.2 Å². The molecule has 1 saturated heterocycles. The fourth-order valence-electron chi connectivity index (χ4n) is 2.24. The van der Waals surface area contributed by atoms with Crippen molar-refractivity contribution in [1.29, 1.82) is 0 Å². The molecule has 1 amide bonds. The van der Waals surface area contributed by atoms with Gasteiger partial charge in [0.15, 0.2) is 11.2 Å². The van der Waals surface area contributed by atoms with Gasteiger partial charge in [0.25, 0.3) is 0 Å². The molecule has 3 rings (SSSR count). The average Bonchev–Trinajstić information content (AvgIpc) is 2.98. The van der Waals surface area contributed by atoms with Gasteiger partial charge in [-0.1, -0.05) is 0 Å². The van der Waals surface area contributed by atoms with Gasteiger partial charge in [0.1, 0.15) is 6.54 Å². The number of hydrogen-bond acceptors (Lipinski definition) is 4. The lowest BCUT2D eigenvalue weighted by molar-refractivity contribution is -0.130. The molecule has 0 aromatic carbocycles. The van der Waals surface area contributed by atoms with E-state index >= 15 is 0 Å². The molecule has 0 aliphatic carbocycles. The minimum absolute atomic E-state index is 0.00282. The topological polar surface area (TPSA) is 68.3 Å². The highest BCUT2D eigenvalue weighted by Crippen LogP contribution is 2.11. The fourth-order valence-corrected chi connectivity index (χ4v) is 2.24. The Bertz CT molecular complexity index is 637. The number of amides is 1. The molecule has 18 heavy (non-hydrogen) atoms. The van der Waals surface area contributed by atoms with Crippen molar-refractivity contribution in [1.82, 2.24) is 14.5 Å². The summed E-state index contributed by atoms with van der Waals surface area (Å²) >= 11 is 0. The first-order valence-corrected chi connectivity index (χ1v) is 5.98. The number of carbonyl (C=O) groups excluding carboxylic acids is 1. The van der Waals surface area contributed by atoms with Gasteiger partial charge >= 0.3 is 5.76 Å². The van der Waals surface area contributed by atoms with Gasteiger partial charge in [0.05, 0.1) is 0 Å². The van der Waals surface area contributed by atoms with E-state index in [4.69, 9.17) is 4.42 Å². The predicted octanol–water partition coefficient (Wildman–Crippen LogP) is 0.612. The van der Waals surface area contributed by atoms with Gasteiger partial charge in [0, 0.05) is 19.3 Å². The molecule has 2 aromatic rings. The fraction of sp³-hybridized carbons (Fsp3) is 0.417. The van der Waals surface area contributed by atoms with Crippen molar-refractivity contribution in [3.63, 3.8) is 0 Å². The smallest absolute Gasteiger partial charge is 0.406 e. The minimum atomic E-state index is -0.531. The summed E-state index contributed by atoms with van der Waals surface area (Å²) in [5.74, 6) is -0.584. The molecule has 6 nitrogen and oxygen atoms in total. The maximum absolute atomic E-state index is 12.0. The van der Waals surface area contributed by atoms with Crippen molar-refractivity contribution in [2.45, 2.75) is 19.4 Å². The van der Waals surface area contributed by atoms with Gasteiger partial charge in [-0.05, 0) is 25.0 Å². The summed E-state index contributed by atoms with van der Waals surface area (Å²) in [5.41, 5.74) is 0.840. The zero-order valence-corrected chi connectivity index (χ0v) is 9.83. The van der Waals surface area contributed by atoms with Crippen LogP contribution >= 0.6 is 0 Å². The Morgan fingerprint density at radius 1 is 1.39 bits per heavy atom. The van der Waals surface area contributed by atoms with Crippen molar-refractivity contribution in [3.05, 3.63) is 28.9 Å². The van der Waals surface area contributed by atoms with Crippen molar-refractivity contribution in [2.75, 3.05) is 13.1 Å². The molecule has 1 fully saturated rings. The van der Waals surface area contributed by atoms with Crippen LogP contribution in [0.5, 0.6) is 0 Å². The zero-order valence-electron chi connectivity index (χ0n) is 9.83. The predicted molar refractivity (Wildman–Crippen MR) is 64.1 cm³/mol. The van der Waals surface area contributed by atoms with Gasteiger partial charge in [-0.2, -0.15) is 0 Å². The number of likely N-dealkylation sites (tertiary alicyclic amines) is 1. The molecule has 0 atom stereocenters. The first-order chi connectivity index (χ1) is 8.75. The van der Waals surface area contributed by atoms with E-state index in [0.29, 0.717) is 11.2 Å². The van der Waals surface area contributed by atoms with Crippen LogP contribution < -0.4 is 5.76 Å². The highest BCUT2D eigenvalue weighted by molar-refractivity contribution is 5.78. The molecule has 2 aromatic heterocycles. The third-order valence-corrected chi connectivity index (χ3v) is 3.18. The first kappa shape index (κ1) is 11.0. The van der Waals surface area contributed by atoms with E-state index in [1.165, 1.54) is 4.57 Å². The van der Waals surface area contributed by atoms with Crippen LogP contribution in [0.3, 0.4) is 0 Å². The SMILES string of the molecule is O=C(Cn1c(=O)oc2cccnc21)N1CCCC1. The number of aromatic nitrogens is 2. The number of hydrogen-bond donors (Lipinski definition) is 0. The lowest BCUT2D eigenvalue weighted by Gasteiger charge is -2.14. The summed E-state index contributed by atoms with van der Waals surface area (Å²) in [6.07, 6.45) is 3.64. The molecule has 1 aliphatic heterocycles. The number of nitrogens with zero attached hydrogens (tertiary/aromatic N) is 3. The third-order valence-electron chi connectivity index (χ3n) is 3.18. The van der Waals surface area contributed by atoms with Crippen molar-refractivity contribution < 1.29 is 9.21 Å². The molecule has 0 N–H and O–H groups in total. The molecular formula is C12H13N3O3. The highest BCUT2D eigenvalue weighted by Gasteiger charge is 2.20. The molecule has 1 aliphatic rings. The maximum atomic E-state index is 12.0. The molecule has 0 radical (unpaired) electrons. The normalized spacial score (nSPS) is 15.4. The first-order valence-electron chi connectivity index (χ1n) is 5.98. The molecule has 94 valence electrons. The van der Waals surface area contributed by atoms with Crippen LogP contribution in [0.15, 0.2) is 27.5 Å². The Morgan fingerprint density at radius 3 is 2.94 bits per heavy atom. The molecular weight excluding hydrogens is 234 g/mol. The molecule has 0 spiro atoms. The second kappa shape index (κ2) is 4.29. The molecule has 0 bridgehead atoms. The Balaban J connectivity index is 1.92. The zero-order chi connectivity index (χ0) is 12.5. The van der Waals surface area contributed by atoms with E-state index in [1.807, 2.05) is 0 Å². The second-order valence-corrected chi connectivity index (χ2v) is 4.37. The minimum Gasteiger partial charge on any atom is -0.406 e. The Labute approximate surface area is 103 Å². The van der Waals surface area contributed by atoms with Crippen molar-refractivity contribution in [2.24, 2.45) is 0 Å². The summed E-state index contributed by atoms with van der Waals surface area (Å²) in [4.78, 5) is 29.5. The quantitative estimate of drug-likeness (QED) is 0.779. The summed E-state index contributed by atoms with van der Waals surface area (Å²) in [5, 5.41) is 0. The van der Waals surface area contributed by atoms with Gasteiger partial charge < -0.3 is 9.32 Å². The lowest BCUT2D eigenvalue weighted by atomic mass is 10.4. The number of carbonyl (C=O) groups is 1.